The van der Waals surface area contributed by atoms with E-state index in [4.69, 9.17) is 25.6 Å². The molecule has 136 valence electrons. The monoisotopic (exact) mass is 394 g/mol. The Morgan fingerprint density at radius 2 is 1.85 bits per heavy atom. The summed E-state index contributed by atoms with van der Waals surface area (Å²) in [6, 6.07) is 11.1. The Hall–Kier alpha value is -2.71. The fourth-order valence-corrected chi connectivity index (χ4v) is 3.64. The zero-order valence-corrected chi connectivity index (χ0v) is 15.5. The first-order valence-electron chi connectivity index (χ1n) is 7.40. The lowest BCUT2D eigenvalue weighted by Gasteiger charge is -2.10. The average molecular weight is 395 g/mol. The van der Waals surface area contributed by atoms with Gasteiger partial charge in [-0.2, -0.15) is 0 Å². The highest BCUT2D eigenvalue weighted by Crippen LogP contribution is 2.36. The van der Waals surface area contributed by atoms with Gasteiger partial charge < -0.3 is 14.0 Å². The van der Waals surface area contributed by atoms with Crippen LogP contribution in [0.25, 0.3) is 11.1 Å². The highest BCUT2D eigenvalue weighted by Gasteiger charge is 2.21. The van der Waals surface area contributed by atoms with Crippen LogP contribution in [0.2, 0.25) is 5.02 Å². The minimum absolute atomic E-state index is 0.0136. The quantitative estimate of drug-likeness (QED) is 0.683. The van der Waals surface area contributed by atoms with Crippen molar-refractivity contribution >= 4 is 27.5 Å². The molecule has 0 aliphatic carbocycles. The van der Waals surface area contributed by atoms with E-state index in [1.807, 2.05) is 0 Å². The van der Waals surface area contributed by atoms with E-state index in [2.05, 4.69) is 9.88 Å². The zero-order chi connectivity index (χ0) is 18.7. The summed E-state index contributed by atoms with van der Waals surface area (Å²) in [6.07, 6.45) is 1.41. The molecular formula is C17H15ClN2O5S. The van der Waals surface area contributed by atoms with Gasteiger partial charge in [0, 0.05) is 5.02 Å². The SMILES string of the molecule is COc1ccc(-c2cnoc2NS(=O)(=O)c2cccc(Cl)c2)cc1OC. The standard InChI is InChI=1S/C17H15ClN2O5S/c1-23-15-7-6-11(8-16(15)24-2)14-10-19-25-17(14)20-26(21,22)13-5-3-4-12(18)9-13/h3-10,20H,1-2H3. The van der Waals surface area contributed by atoms with E-state index in [1.165, 1.54) is 32.5 Å². The number of anilines is 1. The second kappa shape index (κ2) is 7.27. The lowest BCUT2D eigenvalue weighted by atomic mass is 10.1. The molecule has 1 N–H and O–H groups in total. The number of nitrogens with zero attached hydrogens (tertiary/aromatic N) is 1. The van der Waals surface area contributed by atoms with Crippen molar-refractivity contribution < 1.29 is 22.4 Å². The van der Waals surface area contributed by atoms with Crippen molar-refractivity contribution in [3.8, 4) is 22.6 Å². The van der Waals surface area contributed by atoms with Gasteiger partial charge in [0.1, 0.15) is 0 Å². The van der Waals surface area contributed by atoms with Crippen LogP contribution < -0.4 is 14.2 Å². The Kier molecular flexibility index (Phi) is 5.06. The van der Waals surface area contributed by atoms with Crippen LogP contribution in [0.15, 0.2) is 58.1 Å². The summed E-state index contributed by atoms with van der Waals surface area (Å²) < 4.78 is 43.1. The number of nitrogens with one attached hydrogen (secondary N) is 1. The molecule has 0 aliphatic rings. The van der Waals surface area contributed by atoms with Crippen molar-refractivity contribution in [2.24, 2.45) is 0 Å². The van der Waals surface area contributed by atoms with E-state index in [1.54, 1.807) is 30.3 Å². The van der Waals surface area contributed by atoms with Crippen LogP contribution in [0.4, 0.5) is 5.88 Å². The van der Waals surface area contributed by atoms with E-state index < -0.39 is 10.0 Å². The predicted octanol–water partition coefficient (Wildman–Crippen LogP) is 3.81. The van der Waals surface area contributed by atoms with Crippen molar-refractivity contribution in [2.75, 3.05) is 18.9 Å². The van der Waals surface area contributed by atoms with Gasteiger partial charge in [0.25, 0.3) is 10.0 Å². The molecule has 2 aromatic carbocycles. The molecule has 0 amide bonds. The molecule has 0 saturated heterocycles. The second-order valence-corrected chi connectivity index (χ2v) is 7.32. The zero-order valence-electron chi connectivity index (χ0n) is 13.9. The van der Waals surface area contributed by atoms with Gasteiger partial charge in [0.2, 0.25) is 5.88 Å². The first-order chi connectivity index (χ1) is 12.4. The first kappa shape index (κ1) is 18.1. The average Bonchev–Trinajstić information content (AvgIpc) is 3.08. The maximum Gasteiger partial charge on any atom is 0.264 e. The van der Waals surface area contributed by atoms with E-state index in [0.717, 1.165) is 0 Å². The molecular weight excluding hydrogens is 380 g/mol. The number of rotatable bonds is 6. The Bertz CT molecular complexity index is 1030. The fourth-order valence-electron chi connectivity index (χ4n) is 2.34. The topological polar surface area (TPSA) is 90.7 Å². The summed E-state index contributed by atoms with van der Waals surface area (Å²) in [5.41, 5.74) is 1.10. The van der Waals surface area contributed by atoms with Crippen molar-refractivity contribution in [2.45, 2.75) is 4.90 Å². The smallest absolute Gasteiger partial charge is 0.264 e. The summed E-state index contributed by atoms with van der Waals surface area (Å²) in [6.45, 7) is 0. The normalized spacial score (nSPS) is 11.2. The fraction of sp³-hybridized carbons (Fsp3) is 0.118. The third-order valence-corrected chi connectivity index (χ3v) is 5.16. The molecule has 3 aromatic rings. The van der Waals surface area contributed by atoms with Crippen molar-refractivity contribution in [1.82, 2.24) is 5.16 Å². The summed E-state index contributed by atoms with van der Waals surface area (Å²) in [4.78, 5) is 0.0136. The molecule has 9 heteroatoms. The van der Waals surface area contributed by atoms with Gasteiger partial charge in [-0.3, -0.25) is 0 Å². The van der Waals surface area contributed by atoms with E-state index in [9.17, 15) is 8.42 Å². The molecule has 0 spiro atoms. The number of aromatic nitrogens is 1. The highest BCUT2D eigenvalue weighted by atomic mass is 35.5. The number of benzene rings is 2. The Balaban J connectivity index is 1.97. The molecule has 0 unspecified atom stereocenters. The summed E-state index contributed by atoms with van der Waals surface area (Å²) in [7, 11) is -0.848. The van der Waals surface area contributed by atoms with Gasteiger partial charge in [-0.1, -0.05) is 28.9 Å². The van der Waals surface area contributed by atoms with Crippen LogP contribution in [0.1, 0.15) is 0 Å². The highest BCUT2D eigenvalue weighted by molar-refractivity contribution is 7.92. The summed E-state index contributed by atoms with van der Waals surface area (Å²) >= 11 is 5.87. The van der Waals surface area contributed by atoms with Gasteiger partial charge in [-0.15, -0.1) is 0 Å². The molecule has 1 aromatic heterocycles. The lowest BCUT2D eigenvalue weighted by Crippen LogP contribution is -2.13. The maximum atomic E-state index is 12.6. The third-order valence-electron chi connectivity index (χ3n) is 3.60. The maximum absolute atomic E-state index is 12.6. The number of hydrogen-bond donors (Lipinski definition) is 1. The molecule has 1 heterocycles. The van der Waals surface area contributed by atoms with Crippen LogP contribution in [-0.2, 0) is 10.0 Å². The first-order valence-corrected chi connectivity index (χ1v) is 9.26. The van der Waals surface area contributed by atoms with Crippen LogP contribution in [0.5, 0.6) is 11.5 Å². The molecule has 26 heavy (non-hydrogen) atoms. The molecule has 0 bridgehead atoms. The largest absolute Gasteiger partial charge is 0.493 e. The van der Waals surface area contributed by atoms with Crippen molar-refractivity contribution in [3.63, 3.8) is 0 Å². The third kappa shape index (κ3) is 3.61. The number of halogens is 1. The van der Waals surface area contributed by atoms with E-state index >= 15 is 0 Å². The molecule has 3 rings (SSSR count). The minimum atomic E-state index is -3.89. The predicted molar refractivity (Wildman–Crippen MR) is 97.3 cm³/mol. The number of ether oxygens (including phenoxy) is 2. The molecule has 0 fully saturated rings. The van der Waals surface area contributed by atoms with Gasteiger partial charge in [0.05, 0.1) is 30.9 Å². The molecule has 0 aliphatic heterocycles. The summed E-state index contributed by atoms with van der Waals surface area (Å²) in [5.74, 6) is 1.03. The van der Waals surface area contributed by atoms with E-state index in [-0.39, 0.29) is 10.8 Å². The number of hydrogen-bond acceptors (Lipinski definition) is 6. The van der Waals surface area contributed by atoms with Gasteiger partial charge in [-0.25, -0.2) is 13.1 Å². The molecule has 0 saturated carbocycles. The Morgan fingerprint density at radius 1 is 1.08 bits per heavy atom. The second-order valence-electron chi connectivity index (χ2n) is 5.20. The number of methoxy groups -OCH3 is 2. The van der Waals surface area contributed by atoms with Crippen molar-refractivity contribution in [1.29, 1.82) is 0 Å². The van der Waals surface area contributed by atoms with Crippen LogP contribution >= 0.6 is 11.6 Å². The lowest BCUT2D eigenvalue weighted by molar-refractivity contribution is 0.355. The van der Waals surface area contributed by atoms with E-state index in [0.29, 0.717) is 27.6 Å². The van der Waals surface area contributed by atoms with Gasteiger partial charge in [0.15, 0.2) is 11.5 Å². The van der Waals surface area contributed by atoms with Crippen LogP contribution in [0, 0.1) is 0 Å². The van der Waals surface area contributed by atoms with Crippen LogP contribution in [0.3, 0.4) is 0 Å². The Labute approximate surface area is 155 Å². The summed E-state index contributed by atoms with van der Waals surface area (Å²) in [5, 5.41) is 4.00. The van der Waals surface area contributed by atoms with Crippen molar-refractivity contribution in [3.05, 3.63) is 53.7 Å². The van der Waals surface area contributed by atoms with Gasteiger partial charge >= 0.3 is 0 Å². The number of sulfonamides is 1. The van der Waals surface area contributed by atoms with Crippen LogP contribution in [-0.4, -0.2) is 27.8 Å². The molecule has 0 radical (unpaired) electrons. The molecule has 0 atom stereocenters. The van der Waals surface area contributed by atoms with Gasteiger partial charge in [-0.05, 0) is 35.9 Å². The Morgan fingerprint density at radius 3 is 2.54 bits per heavy atom. The molecule has 7 nitrogen and oxygen atoms in total. The minimum Gasteiger partial charge on any atom is -0.493 e.